The van der Waals surface area contributed by atoms with Gasteiger partial charge in [0.25, 0.3) is 0 Å². The maximum Gasteiger partial charge on any atom is 0.220 e. The van der Waals surface area contributed by atoms with Crippen LogP contribution in [0.4, 0.5) is 10.2 Å². The second kappa shape index (κ2) is 10.5. The molecule has 0 spiro atoms. The number of carbonyl (C=O) groups excluding carboxylic acids is 1. The van der Waals surface area contributed by atoms with Gasteiger partial charge in [-0.15, -0.1) is 15.3 Å². The number of hydrogen-bond donors (Lipinski definition) is 2. The predicted molar refractivity (Wildman–Crippen MR) is 128 cm³/mol. The Labute approximate surface area is 198 Å². The Morgan fingerprint density at radius 2 is 1.88 bits per heavy atom. The first-order valence-corrected chi connectivity index (χ1v) is 12.3. The Morgan fingerprint density at radius 3 is 2.71 bits per heavy atom. The lowest BCUT2D eigenvalue weighted by Gasteiger charge is -2.23. The van der Waals surface area contributed by atoms with E-state index in [1.807, 2.05) is 12.1 Å². The third-order valence-electron chi connectivity index (χ3n) is 7.04. The number of hydrogen-bond acceptors (Lipinski definition) is 6. The van der Waals surface area contributed by atoms with Gasteiger partial charge in [-0.1, -0.05) is 25.0 Å². The number of anilines is 1. The molecule has 1 aliphatic carbocycles. The smallest absolute Gasteiger partial charge is 0.220 e. The molecule has 3 heterocycles. The zero-order valence-corrected chi connectivity index (χ0v) is 19.4. The maximum absolute atomic E-state index is 13.1. The van der Waals surface area contributed by atoms with Crippen LogP contribution in [0.5, 0.6) is 0 Å². The topological polar surface area (TPSA) is 87.5 Å². The van der Waals surface area contributed by atoms with Crippen molar-refractivity contribution < 1.29 is 9.18 Å². The van der Waals surface area contributed by atoms with Gasteiger partial charge in [0.2, 0.25) is 5.91 Å². The SMILES string of the molecule is O=C(CCc1nnc2ccc(NCc3ccc(F)cc3)nn12)NC[C@H]1CCN(C2CCCC2)C1. The molecule has 180 valence electrons. The minimum atomic E-state index is -0.254. The summed E-state index contributed by atoms with van der Waals surface area (Å²) in [6.45, 7) is 3.55. The summed E-state index contributed by atoms with van der Waals surface area (Å²) in [5, 5.41) is 19.3. The Morgan fingerprint density at radius 1 is 1.06 bits per heavy atom. The average molecular weight is 466 g/mol. The second-order valence-corrected chi connectivity index (χ2v) is 9.48. The molecule has 9 heteroatoms. The van der Waals surface area contributed by atoms with Gasteiger partial charge in [0, 0.05) is 38.5 Å². The van der Waals surface area contributed by atoms with Crippen LogP contribution in [0.3, 0.4) is 0 Å². The van der Waals surface area contributed by atoms with E-state index in [9.17, 15) is 9.18 Å². The first-order valence-electron chi connectivity index (χ1n) is 12.3. The number of nitrogens with one attached hydrogen (secondary N) is 2. The standard InChI is InChI=1S/C25H32FN7O/c26-20-7-5-18(6-8-20)15-27-22-9-10-23-29-30-24(33(23)31-22)11-12-25(34)28-16-19-13-14-32(17-19)21-3-1-2-4-21/h5-10,19,21H,1-4,11-17H2,(H,27,31)(H,28,34)/t19-/m1/s1. The molecule has 1 aromatic carbocycles. The minimum absolute atomic E-state index is 0.0432. The van der Waals surface area contributed by atoms with Gasteiger partial charge < -0.3 is 15.5 Å². The Kier molecular flexibility index (Phi) is 6.99. The molecule has 34 heavy (non-hydrogen) atoms. The largest absolute Gasteiger partial charge is 0.365 e. The molecule has 2 N–H and O–H groups in total. The van der Waals surface area contributed by atoms with E-state index in [1.54, 1.807) is 16.6 Å². The van der Waals surface area contributed by atoms with Crippen LogP contribution in [-0.4, -0.2) is 56.3 Å². The molecular formula is C25H32FN7O. The quantitative estimate of drug-likeness (QED) is 0.505. The summed E-state index contributed by atoms with van der Waals surface area (Å²) in [6, 6.07) is 10.8. The van der Waals surface area contributed by atoms with Crippen molar-refractivity contribution in [1.82, 2.24) is 30.0 Å². The highest BCUT2D eigenvalue weighted by atomic mass is 19.1. The highest BCUT2D eigenvalue weighted by molar-refractivity contribution is 5.76. The van der Waals surface area contributed by atoms with Gasteiger partial charge in [-0.3, -0.25) is 4.79 Å². The van der Waals surface area contributed by atoms with Crippen LogP contribution in [-0.2, 0) is 17.8 Å². The van der Waals surface area contributed by atoms with Crippen LogP contribution < -0.4 is 10.6 Å². The summed E-state index contributed by atoms with van der Waals surface area (Å²) in [7, 11) is 0. The minimum Gasteiger partial charge on any atom is -0.365 e. The second-order valence-electron chi connectivity index (χ2n) is 9.48. The number of carbonyl (C=O) groups is 1. The monoisotopic (exact) mass is 465 g/mol. The predicted octanol–water partition coefficient (Wildman–Crippen LogP) is 3.19. The van der Waals surface area contributed by atoms with Gasteiger partial charge in [0.1, 0.15) is 11.6 Å². The van der Waals surface area contributed by atoms with Crippen LogP contribution in [0.15, 0.2) is 36.4 Å². The van der Waals surface area contributed by atoms with Gasteiger partial charge in [-0.25, -0.2) is 4.39 Å². The summed E-state index contributed by atoms with van der Waals surface area (Å²) >= 11 is 0. The Hall–Kier alpha value is -3.07. The van der Waals surface area contributed by atoms with Gasteiger partial charge in [-0.05, 0) is 61.6 Å². The number of fused-ring (bicyclic) bond motifs is 1. The van der Waals surface area contributed by atoms with Crippen molar-refractivity contribution in [2.24, 2.45) is 5.92 Å². The van der Waals surface area contributed by atoms with Crippen molar-refractivity contribution in [3.8, 4) is 0 Å². The van der Waals surface area contributed by atoms with Crippen molar-refractivity contribution >= 4 is 17.4 Å². The molecule has 0 radical (unpaired) electrons. The van der Waals surface area contributed by atoms with E-state index in [0.29, 0.717) is 42.6 Å². The van der Waals surface area contributed by atoms with E-state index in [1.165, 1.54) is 50.8 Å². The van der Waals surface area contributed by atoms with E-state index in [0.717, 1.165) is 24.7 Å². The Bertz CT molecular complexity index is 1110. The van der Waals surface area contributed by atoms with Crippen LogP contribution in [0, 0.1) is 11.7 Å². The highest BCUT2D eigenvalue weighted by Gasteiger charge is 2.29. The summed E-state index contributed by atoms with van der Waals surface area (Å²) in [6.07, 6.45) is 7.39. The molecule has 1 aliphatic heterocycles. The number of aromatic nitrogens is 4. The highest BCUT2D eigenvalue weighted by Crippen LogP contribution is 2.28. The van der Waals surface area contributed by atoms with Crippen molar-refractivity contribution in [3.63, 3.8) is 0 Å². The van der Waals surface area contributed by atoms with E-state index < -0.39 is 0 Å². The zero-order valence-electron chi connectivity index (χ0n) is 19.4. The van der Waals surface area contributed by atoms with Crippen LogP contribution in [0.1, 0.15) is 49.9 Å². The molecule has 1 atom stereocenters. The average Bonchev–Trinajstić information content (AvgIpc) is 3.62. The number of benzene rings is 1. The lowest BCUT2D eigenvalue weighted by molar-refractivity contribution is -0.121. The van der Waals surface area contributed by atoms with Crippen molar-refractivity contribution in [2.75, 3.05) is 25.0 Å². The number of aryl methyl sites for hydroxylation is 1. The number of nitrogens with zero attached hydrogens (tertiary/aromatic N) is 5. The van der Waals surface area contributed by atoms with Gasteiger partial charge >= 0.3 is 0 Å². The fourth-order valence-corrected chi connectivity index (χ4v) is 5.08. The van der Waals surface area contributed by atoms with E-state index in [4.69, 9.17) is 0 Å². The summed E-state index contributed by atoms with van der Waals surface area (Å²) < 4.78 is 14.8. The normalized spacial score (nSPS) is 19.1. The van der Waals surface area contributed by atoms with Gasteiger partial charge in [0.15, 0.2) is 11.5 Å². The van der Waals surface area contributed by atoms with Crippen molar-refractivity contribution in [1.29, 1.82) is 0 Å². The lowest BCUT2D eigenvalue weighted by Crippen LogP contribution is -2.34. The molecule has 0 bridgehead atoms. The summed E-state index contributed by atoms with van der Waals surface area (Å²) in [5.74, 6) is 1.66. The molecule has 8 nitrogen and oxygen atoms in total. The third-order valence-corrected chi connectivity index (χ3v) is 7.04. The molecule has 1 saturated carbocycles. The summed E-state index contributed by atoms with van der Waals surface area (Å²) in [5.41, 5.74) is 1.60. The molecule has 1 amide bonds. The van der Waals surface area contributed by atoms with Crippen LogP contribution in [0.25, 0.3) is 5.65 Å². The molecule has 1 saturated heterocycles. The number of amides is 1. The van der Waals surface area contributed by atoms with Gasteiger partial charge in [-0.2, -0.15) is 4.52 Å². The van der Waals surface area contributed by atoms with Crippen LogP contribution in [0.2, 0.25) is 0 Å². The molecule has 0 unspecified atom stereocenters. The number of rotatable bonds is 9. The molecule has 2 aromatic heterocycles. The first kappa shape index (κ1) is 22.7. The van der Waals surface area contributed by atoms with Crippen molar-refractivity contribution in [3.05, 3.63) is 53.6 Å². The molecule has 2 fully saturated rings. The Balaban J connectivity index is 1.10. The number of likely N-dealkylation sites (tertiary alicyclic amines) is 1. The van der Waals surface area contributed by atoms with E-state index in [2.05, 4.69) is 30.8 Å². The van der Waals surface area contributed by atoms with E-state index in [-0.39, 0.29) is 11.7 Å². The fraction of sp³-hybridized carbons (Fsp3) is 0.520. The third kappa shape index (κ3) is 5.52. The molecule has 2 aliphatic rings. The molecule has 5 rings (SSSR count). The van der Waals surface area contributed by atoms with Crippen molar-refractivity contribution in [2.45, 2.75) is 57.5 Å². The van der Waals surface area contributed by atoms with Gasteiger partial charge in [0.05, 0.1) is 0 Å². The number of halogens is 1. The molecule has 3 aromatic rings. The lowest BCUT2D eigenvalue weighted by atomic mass is 10.1. The maximum atomic E-state index is 13.1. The van der Waals surface area contributed by atoms with E-state index >= 15 is 0 Å². The first-order chi connectivity index (χ1) is 16.6. The fourth-order valence-electron chi connectivity index (χ4n) is 5.08. The zero-order chi connectivity index (χ0) is 23.3. The summed E-state index contributed by atoms with van der Waals surface area (Å²) in [4.78, 5) is 15.1. The molecular weight excluding hydrogens is 433 g/mol. The van der Waals surface area contributed by atoms with Crippen LogP contribution >= 0.6 is 0 Å².